The fourth-order valence-corrected chi connectivity index (χ4v) is 4.32. The van der Waals surface area contributed by atoms with Gasteiger partial charge in [-0.05, 0) is 43.6 Å². The molecule has 4 heteroatoms. The van der Waals surface area contributed by atoms with Crippen LogP contribution in [0.15, 0.2) is 6.07 Å². The van der Waals surface area contributed by atoms with Crippen LogP contribution in [-0.4, -0.2) is 33.2 Å². The molecule has 0 unspecified atom stereocenters. The van der Waals surface area contributed by atoms with E-state index in [0.29, 0.717) is 23.6 Å². The lowest BCUT2D eigenvalue weighted by Gasteiger charge is -2.38. The maximum Gasteiger partial charge on any atom is 0.274 e. The molecule has 0 N–H and O–H groups in total. The van der Waals surface area contributed by atoms with Crippen molar-refractivity contribution in [2.75, 3.05) is 6.54 Å². The minimum absolute atomic E-state index is 0.154. The van der Waals surface area contributed by atoms with Crippen molar-refractivity contribution in [1.29, 1.82) is 0 Å². The Kier molecular flexibility index (Phi) is 4.55. The summed E-state index contributed by atoms with van der Waals surface area (Å²) in [6.07, 6.45) is 8.80. The zero-order chi connectivity index (χ0) is 15.7. The average Bonchev–Trinajstić information content (AvgIpc) is 2.77. The van der Waals surface area contributed by atoms with Crippen molar-refractivity contribution in [2.24, 2.45) is 13.0 Å². The summed E-state index contributed by atoms with van der Waals surface area (Å²) in [5.41, 5.74) is 1.77. The first kappa shape index (κ1) is 15.6. The van der Waals surface area contributed by atoms with Crippen molar-refractivity contribution < 1.29 is 4.79 Å². The Morgan fingerprint density at radius 2 is 1.86 bits per heavy atom. The summed E-state index contributed by atoms with van der Waals surface area (Å²) < 4.78 is 1.87. The molecule has 2 heterocycles. The highest BCUT2D eigenvalue weighted by molar-refractivity contribution is 5.92. The average molecular weight is 303 g/mol. The maximum absolute atomic E-state index is 13.0. The Bertz CT molecular complexity index is 534. The number of aryl methyl sites for hydroxylation is 1. The second-order valence-electron chi connectivity index (χ2n) is 7.34. The molecule has 2 fully saturated rings. The summed E-state index contributed by atoms with van der Waals surface area (Å²) in [6.45, 7) is 5.20. The van der Waals surface area contributed by atoms with Gasteiger partial charge in [-0.2, -0.15) is 5.10 Å². The summed E-state index contributed by atoms with van der Waals surface area (Å²) in [6, 6.07) is 2.45. The van der Waals surface area contributed by atoms with Crippen LogP contribution in [0.2, 0.25) is 0 Å². The van der Waals surface area contributed by atoms with E-state index >= 15 is 0 Å². The molecule has 4 nitrogen and oxygen atoms in total. The van der Waals surface area contributed by atoms with Crippen LogP contribution in [-0.2, 0) is 7.05 Å². The smallest absolute Gasteiger partial charge is 0.274 e. The van der Waals surface area contributed by atoms with E-state index < -0.39 is 0 Å². The third kappa shape index (κ3) is 2.92. The molecule has 0 radical (unpaired) electrons. The first-order valence-corrected chi connectivity index (χ1v) is 8.93. The first-order valence-electron chi connectivity index (χ1n) is 8.93. The number of aromatic nitrogens is 2. The number of fused-ring (bicyclic) bond motifs is 1. The zero-order valence-electron chi connectivity index (χ0n) is 14.2. The summed E-state index contributed by atoms with van der Waals surface area (Å²) in [7, 11) is 1.94. The third-order valence-corrected chi connectivity index (χ3v) is 5.48. The fourth-order valence-electron chi connectivity index (χ4n) is 4.32. The molecule has 2 aliphatic rings. The van der Waals surface area contributed by atoms with Crippen molar-refractivity contribution in [3.63, 3.8) is 0 Å². The second-order valence-corrected chi connectivity index (χ2v) is 7.34. The minimum Gasteiger partial charge on any atom is -0.334 e. The van der Waals surface area contributed by atoms with Gasteiger partial charge in [-0.3, -0.25) is 9.48 Å². The highest BCUT2D eigenvalue weighted by Gasteiger charge is 2.35. The third-order valence-electron chi connectivity index (χ3n) is 5.48. The van der Waals surface area contributed by atoms with Gasteiger partial charge in [0.05, 0.1) is 0 Å². The van der Waals surface area contributed by atoms with Crippen molar-refractivity contribution in [3.8, 4) is 0 Å². The second kappa shape index (κ2) is 6.43. The van der Waals surface area contributed by atoms with Gasteiger partial charge in [0.1, 0.15) is 0 Å². The number of hydrogen-bond acceptors (Lipinski definition) is 2. The quantitative estimate of drug-likeness (QED) is 0.835. The Morgan fingerprint density at radius 1 is 1.18 bits per heavy atom. The van der Waals surface area contributed by atoms with Gasteiger partial charge in [0.25, 0.3) is 5.91 Å². The maximum atomic E-state index is 13.0. The van der Waals surface area contributed by atoms with E-state index in [1.165, 1.54) is 38.5 Å². The zero-order valence-corrected chi connectivity index (χ0v) is 14.2. The predicted molar refractivity (Wildman–Crippen MR) is 87.9 cm³/mol. The first-order chi connectivity index (χ1) is 10.6. The van der Waals surface area contributed by atoms with E-state index in [1.54, 1.807) is 0 Å². The Morgan fingerprint density at radius 3 is 2.55 bits per heavy atom. The molecular weight excluding hydrogens is 274 g/mol. The number of rotatable bonds is 2. The van der Waals surface area contributed by atoms with Crippen molar-refractivity contribution in [1.82, 2.24) is 14.7 Å². The summed E-state index contributed by atoms with van der Waals surface area (Å²) in [5, 5.41) is 4.50. The normalized spacial score (nSPS) is 25.9. The van der Waals surface area contributed by atoms with E-state index in [4.69, 9.17) is 0 Å². The van der Waals surface area contributed by atoms with E-state index in [9.17, 15) is 4.79 Å². The highest BCUT2D eigenvalue weighted by atomic mass is 16.2. The lowest BCUT2D eigenvalue weighted by atomic mass is 9.81. The molecular formula is C18H29N3O. The van der Waals surface area contributed by atoms with Gasteiger partial charge >= 0.3 is 0 Å². The molecule has 1 aliphatic carbocycles. The Hall–Kier alpha value is -1.32. The van der Waals surface area contributed by atoms with Crippen LogP contribution >= 0.6 is 0 Å². The van der Waals surface area contributed by atoms with Gasteiger partial charge in [-0.25, -0.2) is 0 Å². The predicted octanol–water partition coefficient (Wildman–Crippen LogP) is 3.73. The number of carbonyl (C=O) groups is 1. The monoisotopic (exact) mass is 303 g/mol. The van der Waals surface area contributed by atoms with E-state index in [2.05, 4.69) is 23.8 Å². The van der Waals surface area contributed by atoms with Crippen LogP contribution in [0.3, 0.4) is 0 Å². The minimum atomic E-state index is 0.154. The molecule has 22 heavy (non-hydrogen) atoms. The van der Waals surface area contributed by atoms with E-state index in [0.717, 1.165) is 18.7 Å². The van der Waals surface area contributed by atoms with E-state index in [1.807, 2.05) is 17.8 Å². The van der Waals surface area contributed by atoms with Gasteiger partial charge in [0.15, 0.2) is 5.69 Å². The van der Waals surface area contributed by atoms with Crippen LogP contribution in [0.25, 0.3) is 0 Å². The van der Waals surface area contributed by atoms with Crippen molar-refractivity contribution in [3.05, 3.63) is 17.5 Å². The van der Waals surface area contributed by atoms with Crippen LogP contribution in [0.5, 0.6) is 0 Å². The molecule has 0 bridgehead atoms. The van der Waals surface area contributed by atoms with Gasteiger partial charge in [-0.1, -0.05) is 33.1 Å². The molecule has 3 rings (SSSR count). The van der Waals surface area contributed by atoms with E-state index in [-0.39, 0.29) is 5.91 Å². The summed E-state index contributed by atoms with van der Waals surface area (Å²) in [5.74, 6) is 1.26. The molecule has 0 spiro atoms. The molecule has 1 saturated heterocycles. The standard InChI is InChI=1S/C18H29N3O/c1-13(2)17-12-15(19-20(17)3)18(22)21-11-7-6-9-14-8-4-5-10-16(14)21/h12-14,16H,4-11H2,1-3H3/t14-,16+/m0/s1. The van der Waals surface area contributed by atoms with Crippen molar-refractivity contribution >= 4 is 5.91 Å². The molecule has 1 saturated carbocycles. The topological polar surface area (TPSA) is 38.1 Å². The van der Waals surface area contributed by atoms with Crippen molar-refractivity contribution in [2.45, 2.75) is 70.8 Å². The largest absolute Gasteiger partial charge is 0.334 e. The molecule has 1 aromatic rings. The number of carbonyl (C=O) groups excluding carboxylic acids is 1. The van der Waals surface area contributed by atoms with Crippen LogP contribution < -0.4 is 0 Å². The number of hydrogen-bond donors (Lipinski definition) is 0. The number of nitrogens with zero attached hydrogens (tertiary/aromatic N) is 3. The SMILES string of the molecule is CC(C)c1cc(C(=O)N2CCCC[C@@H]3CCCC[C@H]32)nn1C. The number of likely N-dealkylation sites (tertiary alicyclic amines) is 1. The summed E-state index contributed by atoms with van der Waals surface area (Å²) in [4.78, 5) is 15.2. The lowest BCUT2D eigenvalue weighted by Crippen LogP contribution is -2.45. The molecule has 122 valence electrons. The Labute approximate surface area is 133 Å². The molecule has 0 aromatic carbocycles. The van der Waals surface area contributed by atoms with Gasteiger partial charge in [0, 0.05) is 25.3 Å². The molecule has 1 aromatic heterocycles. The van der Waals surface area contributed by atoms with Crippen LogP contribution in [0.1, 0.15) is 80.9 Å². The fraction of sp³-hybridized carbons (Fsp3) is 0.778. The number of amides is 1. The van der Waals surface area contributed by atoms with Gasteiger partial charge in [0.2, 0.25) is 0 Å². The molecule has 2 atom stereocenters. The highest BCUT2D eigenvalue weighted by Crippen LogP contribution is 2.35. The molecule has 1 amide bonds. The van der Waals surface area contributed by atoms with Crippen LogP contribution in [0.4, 0.5) is 0 Å². The Balaban J connectivity index is 1.84. The molecule has 1 aliphatic heterocycles. The van der Waals surface area contributed by atoms with Gasteiger partial charge < -0.3 is 4.90 Å². The van der Waals surface area contributed by atoms with Crippen LogP contribution in [0, 0.1) is 5.92 Å². The van der Waals surface area contributed by atoms with Gasteiger partial charge in [-0.15, -0.1) is 0 Å². The lowest BCUT2D eigenvalue weighted by molar-refractivity contribution is 0.0562. The summed E-state index contributed by atoms with van der Waals surface area (Å²) >= 11 is 0.